The Morgan fingerprint density at radius 2 is 1.04 bits per heavy atom. The van der Waals surface area contributed by atoms with Gasteiger partial charge in [-0.25, -0.2) is 9.97 Å². The van der Waals surface area contributed by atoms with Gasteiger partial charge in [0.1, 0.15) is 0 Å². The van der Waals surface area contributed by atoms with E-state index in [0.717, 1.165) is 15.3 Å². The molecule has 0 saturated heterocycles. The lowest BCUT2D eigenvalue weighted by atomic mass is 10.0. The molecule has 11 rings (SSSR count). The SMILES string of the molecule is [2H]c1c([2H])c([2H])c(-c2c([2H])c([2H])c(-n3c4c([2H])c([2H])c([2H])c([2H])c4c4c5c6c([2H])c([2H])c([2H])c([2H])c6n(-c6nc(-c7ccc8ccccc8c7)c7ccccc7n6)c5c([2H])c([2H])c43)c([2H])c2[2H])c([2H])c1[2H]. The Morgan fingerprint density at radius 1 is 0.423 bits per heavy atom. The highest BCUT2D eigenvalue weighted by atomic mass is 15.2. The maximum atomic E-state index is 9.86. The first kappa shape index (κ1) is 15.9. The third kappa shape index (κ3) is 4.28. The van der Waals surface area contributed by atoms with Crippen molar-refractivity contribution in [2.24, 2.45) is 0 Å². The molecule has 0 N–H and O–H groups in total. The standard InChI is InChI=1S/C48H30N4/c1-2-12-31(13-3-1)33-24-26-36(27-25-33)51-41-20-10-7-17-38(41)45-43(51)28-29-44-46(45)39-18-8-11-21-42(39)52(44)48-49-40-19-9-6-16-37(40)47(50-48)35-23-22-32-14-4-5-15-34(32)30-35/h1-30H/i1D,2D,3D,7D,8D,10D,11D,12D,13D,17D,18D,20D,21D,24D,25D,26D,27D,28D,29D. The number of rotatable bonds is 4. The summed E-state index contributed by atoms with van der Waals surface area (Å²) in [4.78, 5) is 9.94. The van der Waals surface area contributed by atoms with E-state index in [1.54, 1.807) is 18.2 Å². The Morgan fingerprint density at radius 3 is 1.81 bits per heavy atom. The maximum absolute atomic E-state index is 9.86. The maximum Gasteiger partial charge on any atom is 0.235 e. The van der Waals surface area contributed by atoms with Gasteiger partial charge < -0.3 is 4.57 Å². The largest absolute Gasteiger partial charge is 0.309 e. The molecule has 0 aliphatic carbocycles. The normalized spacial score (nSPS) is 17.0. The molecule has 0 unspecified atom stereocenters. The van der Waals surface area contributed by atoms with Crippen LogP contribution in [0.3, 0.4) is 0 Å². The van der Waals surface area contributed by atoms with E-state index in [0.29, 0.717) is 22.2 Å². The Balaban J connectivity index is 1.36. The molecule has 0 aliphatic rings. The van der Waals surface area contributed by atoms with Crippen molar-refractivity contribution in [3.8, 4) is 34.0 Å². The topological polar surface area (TPSA) is 35.6 Å². The van der Waals surface area contributed by atoms with Crippen LogP contribution in [0.5, 0.6) is 0 Å². The summed E-state index contributed by atoms with van der Waals surface area (Å²) >= 11 is 0. The molecule has 0 saturated carbocycles. The summed E-state index contributed by atoms with van der Waals surface area (Å²) in [7, 11) is 0. The van der Waals surface area contributed by atoms with Gasteiger partial charge in [-0.3, -0.25) is 4.57 Å². The minimum Gasteiger partial charge on any atom is -0.309 e. The number of fused-ring (bicyclic) bond motifs is 9. The predicted octanol–water partition coefficient (Wildman–Crippen LogP) is 12.3. The molecule has 0 fully saturated rings. The minimum atomic E-state index is -0.917. The molecule has 0 spiro atoms. The zero-order valence-corrected chi connectivity index (χ0v) is 26.6. The van der Waals surface area contributed by atoms with Crippen LogP contribution in [0.4, 0.5) is 0 Å². The highest BCUT2D eigenvalue weighted by Gasteiger charge is 2.22. The molecule has 3 aromatic heterocycles. The lowest BCUT2D eigenvalue weighted by Crippen LogP contribution is -2.03. The van der Waals surface area contributed by atoms with E-state index in [9.17, 15) is 13.7 Å². The summed E-state index contributed by atoms with van der Waals surface area (Å²) < 4.78 is 174. The Labute approximate surface area is 326 Å². The van der Waals surface area contributed by atoms with E-state index < -0.39 is 143 Å². The molecule has 4 heteroatoms. The second kappa shape index (κ2) is 11.2. The zero-order chi connectivity index (χ0) is 50.7. The zero-order valence-electron chi connectivity index (χ0n) is 45.6. The molecule has 0 radical (unpaired) electrons. The van der Waals surface area contributed by atoms with Crippen LogP contribution in [0, 0.1) is 0 Å². The molecule has 0 aliphatic heterocycles. The second-order valence-corrected chi connectivity index (χ2v) is 12.0. The molecule has 3 heterocycles. The van der Waals surface area contributed by atoms with Crippen LogP contribution in [0.1, 0.15) is 26.0 Å². The van der Waals surface area contributed by atoms with Gasteiger partial charge in [0.25, 0.3) is 0 Å². The van der Waals surface area contributed by atoms with Crippen molar-refractivity contribution in [3.05, 3.63) is 182 Å². The second-order valence-electron chi connectivity index (χ2n) is 12.0. The van der Waals surface area contributed by atoms with Crippen molar-refractivity contribution in [2.45, 2.75) is 0 Å². The van der Waals surface area contributed by atoms with E-state index in [2.05, 4.69) is 0 Å². The van der Waals surface area contributed by atoms with Gasteiger partial charge in [-0.15, -0.1) is 0 Å². The van der Waals surface area contributed by atoms with Gasteiger partial charge in [-0.05, 0) is 70.3 Å². The van der Waals surface area contributed by atoms with Gasteiger partial charge in [0.2, 0.25) is 5.95 Å². The molecular weight excluding hydrogens is 633 g/mol. The summed E-state index contributed by atoms with van der Waals surface area (Å²) in [6.45, 7) is 0. The van der Waals surface area contributed by atoms with Crippen LogP contribution in [-0.2, 0) is 0 Å². The van der Waals surface area contributed by atoms with Gasteiger partial charge in [-0.1, -0.05) is 133 Å². The third-order valence-corrected chi connectivity index (χ3v) is 9.15. The molecule has 0 amide bonds. The molecule has 11 aromatic rings. The van der Waals surface area contributed by atoms with Crippen LogP contribution in [-0.4, -0.2) is 19.1 Å². The Kier molecular flexibility index (Phi) is 3.43. The predicted molar refractivity (Wildman–Crippen MR) is 217 cm³/mol. The minimum absolute atomic E-state index is 0.183. The molecular formula is C48H30N4. The van der Waals surface area contributed by atoms with Gasteiger partial charge in [0.15, 0.2) is 0 Å². The van der Waals surface area contributed by atoms with Crippen LogP contribution < -0.4 is 0 Å². The first-order valence-corrected chi connectivity index (χ1v) is 16.1. The smallest absolute Gasteiger partial charge is 0.235 e. The first-order chi connectivity index (χ1) is 33.7. The number of para-hydroxylation sites is 3. The van der Waals surface area contributed by atoms with E-state index in [1.165, 1.54) is 4.57 Å². The summed E-state index contributed by atoms with van der Waals surface area (Å²) in [5.41, 5.74) is -1.99. The van der Waals surface area contributed by atoms with Gasteiger partial charge >= 0.3 is 0 Å². The van der Waals surface area contributed by atoms with E-state index in [4.69, 9.17) is 22.3 Å². The highest BCUT2D eigenvalue weighted by Crippen LogP contribution is 2.42. The lowest BCUT2D eigenvalue weighted by Gasteiger charge is -2.12. The molecule has 8 aromatic carbocycles. The van der Waals surface area contributed by atoms with Crippen molar-refractivity contribution >= 4 is 65.3 Å². The average Bonchev–Trinajstić information content (AvgIpc) is 3.91. The van der Waals surface area contributed by atoms with Crippen molar-refractivity contribution in [2.75, 3.05) is 0 Å². The molecule has 0 atom stereocenters. The summed E-state index contributed by atoms with van der Waals surface area (Å²) in [6.07, 6.45) is 0. The highest BCUT2D eigenvalue weighted by molar-refractivity contribution is 6.28. The van der Waals surface area contributed by atoms with E-state index >= 15 is 0 Å². The van der Waals surface area contributed by atoms with E-state index in [-0.39, 0.29) is 38.5 Å². The fraction of sp³-hybridized carbons (Fsp3) is 0. The molecule has 0 bridgehead atoms. The number of hydrogen-bond acceptors (Lipinski definition) is 2. The molecule has 4 nitrogen and oxygen atoms in total. The van der Waals surface area contributed by atoms with Crippen LogP contribution in [0.2, 0.25) is 0 Å². The average molecular weight is 682 g/mol. The van der Waals surface area contributed by atoms with Crippen molar-refractivity contribution in [1.29, 1.82) is 0 Å². The summed E-state index contributed by atoms with van der Waals surface area (Å²) in [6, 6.07) is 5.74. The molecule has 242 valence electrons. The number of aromatic nitrogens is 4. The summed E-state index contributed by atoms with van der Waals surface area (Å²) in [5.74, 6) is -0.183. The number of benzene rings is 8. The first-order valence-electron chi connectivity index (χ1n) is 25.6. The number of hydrogen-bond donors (Lipinski definition) is 0. The fourth-order valence-corrected chi connectivity index (χ4v) is 6.90. The third-order valence-electron chi connectivity index (χ3n) is 9.15. The van der Waals surface area contributed by atoms with E-state index in [1.807, 2.05) is 48.5 Å². The quantitative estimate of drug-likeness (QED) is 0.185. The van der Waals surface area contributed by atoms with Crippen LogP contribution >= 0.6 is 0 Å². The van der Waals surface area contributed by atoms with Crippen molar-refractivity contribution < 1.29 is 26.0 Å². The number of nitrogens with zero attached hydrogens (tertiary/aromatic N) is 4. The van der Waals surface area contributed by atoms with Crippen molar-refractivity contribution in [1.82, 2.24) is 19.1 Å². The Bertz CT molecular complexity index is 4240. The molecule has 52 heavy (non-hydrogen) atoms. The monoisotopic (exact) mass is 681 g/mol. The fourth-order valence-electron chi connectivity index (χ4n) is 6.90. The van der Waals surface area contributed by atoms with Crippen LogP contribution in [0.15, 0.2) is 182 Å². The van der Waals surface area contributed by atoms with Gasteiger partial charge in [0, 0.05) is 38.2 Å². The van der Waals surface area contributed by atoms with Crippen LogP contribution in [0.25, 0.3) is 99.3 Å². The van der Waals surface area contributed by atoms with Gasteiger partial charge in [0.05, 0.1) is 59.3 Å². The Hall–Kier alpha value is -7.04. The van der Waals surface area contributed by atoms with Gasteiger partial charge in [-0.2, -0.15) is 0 Å². The van der Waals surface area contributed by atoms with Crippen molar-refractivity contribution in [3.63, 3.8) is 0 Å². The summed E-state index contributed by atoms with van der Waals surface area (Å²) in [5, 5.41) is 1.37. The lowest BCUT2D eigenvalue weighted by molar-refractivity contribution is 1.01.